The summed E-state index contributed by atoms with van der Waals surface area (Å²) in [5.41, 5.74) is 0. The zero-order chi connectivity index (χ0) is 11.2. The van der Waals surface area contributed by atoms with E-state index in [1.807, 2.05) is 6.92 Å². The number of esters is 1. The Morgan fingerprint density at radius 3 is 2.50 bits per heavy atom. The van der Waals surface area contributed by atoms with Gasteiger partial charge in [0.15, 0.2) is 0 Å². The van der Waals surface area contributed by atoms with E-state index in [1.54, 1.807) is 6.92 Å². The normalized spacial score (nSPS) is 13.6. The second-order valence-corrected chi connectivity index (χ2v) is 4.67. The molecular formula is C8H16O5S. The van der Waals surface area contributed by atoms with E-state index in [9.17, 15) is 13.2 Å². The van der Waals surface area contributed by atoms with Gasteiger partial charge in [-0.1, -0.05) is 6.92 Å². The molecule has 5 nitrogen and oxygen atoms in total. The van der Waals surface area contributed by atoms with Gasteiger partial charge in [-0.05, 0) is 19.8 Å². The van der Waals surface area contributed by atoms with Crippen molar-refractivity contribution >= 4 is 16.1 Å². The van der Waals surface area contributed by atoms with Gasteiger partial charge < -0.3 is 4.74 Å². The minimum atomic E-state index is -3.96. The molecule has 0 aromatic carbocycles. The highest BCUT2D eigenvalue weighted by Gasteiger charge is 2.10. The Balaban J connectivity index is 3.65. The monoisotopic (exact) mass is 224 g/mol. The van der Waals surface area contributed by atoms with Crippen molar-refractivity contribution in [2.45, 2.75) is 39.2 Å². The number of carbonyl (C=O) groups excluding carboxylic acids is 1. The molecule has 0 aromatic rings. The van der Waals surface area contributed by atoms with E-state index in [0.29, 0.717) is 0 Å². The Morgan fingerprint density at radius 1 is 1.50 bits per heavy atom. The van der Waals surface area contributed by atoms with Crippen molar-refractivity contribution < 1.29 is 22.5 Å². The number of carbonyl (C=O) groups is 1. The van der Waals surface area contributed by atoms with Gasteiger partial charge in [0.1, 0.15) is 0 Å². The molecule has 6 heteroatoms. The lowest BCUT2D eigenvalue weighted by atomic mass is 10.3. The predicted molar refractivity (Wildman–Crippen MR) is 51.5 cm³/mol. The average molecular weight is 224 g/mol. The summed E-state index contributed by atoms with van der Waals surface area (Å²) < 4.78 is 33.9. The van der Waals surface area contributed by atoms with E-state index >= 15 is 0 Å². The second kappa shape index (κ2) is 5.98. The van der Waals surface area contributed by atoms with E-state index < -0.39 is 21.8 Å². The van der Waals surface area contributed by atoms with Gasteiger partial charge in [0.25, 0.3) is 10.1 Å². The molecule has 0 spiro atoms. The van der Waals surface area contributed by atoms with Crippen LogP contribution in [-0.2, 0) is 19.6 Å². The maximum absolute atomic E-state index is 11.0. The number of ether oxygens (including phenoxy) is 1. The maximum Gasteiger partial charge on any atom is 0.306 e. The summed E-state index contributed by atoms with van der Waals surface area (Å²) in [5, 5.41) is 0. The molecule has 1 N–H and O–H groups in total. The van der Waals surface area contributed by atoms with Crippen LogP contribution in [0.1, 0.15) is 33.1 Å². The van der Waals surface area contributed by atoms with E-state index in [-0.39, 0.29) is 18.9 Å². The molecule has 0 saturated carbocycles. The Kier molecular flexibility index (Phi) is 5.71. The van der Waals surface area contributed by atoms with Gasteiger partial charge in [0, 0.05) is 6.42 Å². The third-order valence-electron chi connectivity index (χ3n) is 1.69. The predicted octanol–water partition coefficient (Wildman–Crippen LogP) is 0.996. The van der Waals surface area contributed by atoms with Crippen LogP contribution in [0.2, 0.25) is 0 Å². The summed E-state index contributed by atoms with van der Waals surface area (Å²) in [7, 11) is -3.96. The molecule has 0 amide bonds. The molecule has 0 aliphatic heterocycles. The van der Waals surface area contributed by atoms with Crippen LogP contribution in [0.3, 0.4) is 0 Å². The van der Waals surface area contributed by atoms with Gasteiger partial charge >= 0.3 is 5.97 Å². The van der Waals surface area contributed by atoms with Crippen LogP contribution in [0, 0.1) is 0 Å². The van der Waals surface area contributed by atoms with Crippen LogP contribution in [0.25, 0.3) is 0 Å². The topological polar surface area (TPSA) is 80.7 Å². The summed E-state index contributed by atoms with van der Waals surface area (Å²) in [5.74, 6) is -0.828. The van der Waals surface area contributed by atoms with Crippen molar-refractivity contribution in [3.8, 4) is 0 Å². The SMILES string of the molecule is CCC(C)OC(=O)CCCS(=O)(=O)O. The summed E-state index contributed by atoms with van der Waals surface area (Å²) in [6, 6.07) is 0. The highest BCUT2D eigenvalue weighted by atomic mass is 32.2. The van der Waals surface area contributed by atoms with E-state index in [2.05, 4.69) is 0 Å². The molecule has 0 aliphatic rings. The zero-order valence-corrected chi connectivity index (χ0v) is 9.21. The maximum atomic E-state index is 11.0. The number of hydrogen-bond donors (Lipinski definition) is 1. The minimum absolute atomic E-state index is 0.0180. The van der Waals surface area contributed by atoms with Crippen LogP contribution >= 0.6 is 0 Å². The molecule has 0 heterocycles. The summed E-state index contributed by atoms with van der Waals surface area (Å²) >= 11 is 0. The Labute approximate surface area is 84.2 Å². The van der Waals surface area contributed by atoms with Crippen molar-refractivity contribution in [1.29, 1.82) is 0 Å². The lowest BCUT2D eigenvalue weighted by molar-refractivity contribution is -0.148. The van der Waals surface area contributed by atoms with Gasteiger partial charge in [-0.25, -0.2) is 0 Å². The Hall–Kier alpha value is -0.620. The fourth-order valence-corrected chi connectivity index (χ4v) is 1.27. The van der Waals surface area contributed by atoms with Crippen molar-refractivity contribution in [1.82, 2.24) is 0 Å². The van der Waals surface area contributed by atoms with Crippen LogP contribution in [0.15, 0.2) is 0 Å². The highest BCUT2D eigenvalue weighted by Crippen LogP contribution is 2.01. The van der Waals surface area contributed by atoms with Crippen LogP contribution in [0.5, 0.6) is 0 Å². The fourth-order valence-electron chi connectivity index (χ4n) is 0.766. The van der Waals surface area contributed by atoms with Gasteiger partial charge in [0.2, 0.25) is 0 Å². The second-order valence-electron chi connectivity index (χ2n) is 3.10. The fraction of sp³-hybridized carbons (Fsp3) is 0.875. The van der Waals surface area contributed by atoms with Crippen molar-refractivity contribution in [3.63, 3.8) is 0 Å². The third kappa shape index (κ3) is 8.00. The van der Waals surface area contributed by atoms with Crippen molar-refractivity contribution in [2.75, 3.05) is 5.75 Å². The first kappa shape index (κ1) is 13.4. The Morgan fingerprint density at radius 2 is 2.07 bits per heavy atom. The third-order valence-corrected chi connectivity index (χ3v) is 2.50. The standard InChI is InChI=1S/C8H16O5S/c1-3-7(2)13-8(9)5-4-6-14(10,11)12/h7H,3-6H2,1-2H3,(H,10,11,12). The molecule has 14 heavy (non-hydrogen) atoms. The zero-order valence-electron chi connectivity index (χ0n) is 8.39. The molecule has 0 radical (unpaired) electrons. The van der Waals surface area contributed by atoms with Crippen molar-refractivity contribution in [3.05, 3.63) is 0 Å². The van der Waals surface area contributed by atoms with E-state index in [4.69, 9.17) is 9.29 Å². The lowest BCUT2D eigenvalue weighted by Gasteiger charge is -2.09. The average Bonchev–Trinajstić information content (AvgIpc) is 2.01. The molecule has 0 aromatic heterocycles. The molecule has 0 bridgehead atoms. The number of rotatable bonds is 6. The van der Waals surface area contributed by atoms with Gasteiger partial charge in [-0.3, -0.25) is 9.35 Å². The largest absolute Gasteiger partial charge is 0.463 e. The molecule has 0 saturated heterocycles. The lowest BCUT2D eigenvalue weighted by Crippen LogP contribution is -2.15. The van der Waals surface area contributed by atoms with Crippen LogP contribution < -0.4 is 0 Å². The first-order valence-electron chi connectivity index (χ1n) is 4.49. The van der Waals surface area contributed by atoms with Crippen LogP contribution in [0.4, 0.5) is 0 Å². The quantitative estimate of drug-likeness (QED) is 0.537. The summed E-state index contributed by atoms with van der Waals surface area (Å²) in [4.78, 5) is 11.0. The van der Waals surface area contributed by atoms with Gasteiger partial charge in [-0.15, -0.1) is 0 Å². The smallest absolute Gasteiger partial charge is 0.306 e. The minimum Gasteiger partial charge on any atom is -0.463 e. The summed E-state index contributed by atoms with van der Waals surface area (Å²) in [6.45, 7) is 3.65. The van der Waals surface area contributed by atoms with Gasteiger partial charge in [-0.2, -0.15) is 8.42 Å². The Bertz CT molecular complexity index is 269. The molecule has 0 rings (SSSR count). The molecule has 0 aliphatic carbocycles. The molecular weight excluding hydrogens is 208 g/mol. The van der Waals surface area contributed by atoms with E-state index in [1.165, 1.54) is 0 Å². The van der Waals surface area contributed by atoms with Gasteiger partial charge in [0.05, 0.1) is 11.9 Å². The first-order chi connectivity index (χ1) is 6.35. The molecule has 0 fully saturated rings. The molecule has 1 unspecified atom stereocenters. The van der Waals surface area contributed by atoms with Crippen molar-refractivity contribution in [2.24, 2.45) is 0 Å². The van der Waals surface area contributed by atoms with Crippen LogP contribution in [-0.4, -0.2) is 30.8 Å². The highest BCUT2D eigenvalue weighted by molar-refractivity contribution is 7.85. The van der Waals surface area contributed by atoms with E-state index in [0.717, 1.165) is 6.42 Å². The first-order valence-corrected chi connectivity index (χ1v) is 6.10. The molecule has 84 valence electrons. The number of hydrogen-bond acceptors (Lipinski definition) is 4. The molecule has 1 atom stereocenters. The summed E-state index contributed by atoms with van der Waals surface area (Å²) in [6.07, 6.45) is 0.690.